The van der Waals surface area contributed by atoms with Gasteiger partial charge in [0.05, 0.1) is 6.04 Å². The lowest BCUT2D eigenvalue weighted by Crippen LogP contribution is -2.69. The maximum atomic E-state index is 13.6. The topological polar surface area (TPSA) is 40.6 Å². The lowest BCUT2D eigenvalue weighted by atomic mass is 9.56. The molecule has 2 heterocycles. The van der Waals surface area contributed by atoms with Gasteiger partial charge in [-0.3, -0.25) is 9.59 Å². The van der Waals surface area contributed by atoms with Gasteiger partial charge in [-0.15, -0.1) is 0 Å². The SMILES string of the molecule is CC1(C)CC(=O)C2(Cc3ccccc3N3CCN(c4ccccc4)C[C@@H]32)C(=O)C1. The van der Waals surface area contributed by atoms with Gasteiger partial charge in [-0.1, -0.05) is 50.2 Å². The summed E-state index contributed by atoms with van der Waals surface area (Å²) in [5, 5.41) is 0. The summed E-state index contributed by atoms with van der Waals surface area (Å²) in [5.74, 6) is 0.274. The van der Waals surface area contributed by atoms with Gasteiger partial charge in [-0.25, -0.2) is 0 Å². The van der Waals surface area contributed by atoms with Gasteiger partial charge < -0.3 is 9.80 Å². The third kappa shape index (κ3) is 2.80. The molecule has 0 unspecified atom stereocenters. The maximum absolute atomic E-state index is 13.6. The van der Waals surface area contributed by atoms with Gasteiger partial charge in [-0.2, -0.15) is 0 Å². The Morgan fingerprint density at radius 2 is 1.48 bits per heavy atom. The van der Waals surface area contributed by atoms with Gasteiger partial charge in [0.1, 0.15) is 17.0 Å². The fourth-order valence-electron chi connectivity index (χ4n) is 5.70. The fourth-order valence-corrected chi connectivity index (χ4v) is 5.70. The van der Waals surface area contributed by atoms with E-state index in [1.165, 1.54) is 5.69 Å². The molecule has 2 aromatic rings. The number of hydrogen-bond acceptors (Lipinski definition) is 4. The van der Waals surface area contributed by atoms with Crippen LogP contribution in [0.1, 0.15) is 32.3 Å². The number of nitrogens with zero attached hydrogens (tertiary/aromatic N) is 2. The maximum Gasteiger partial charge on any atom is 0.149 e. The van der Waals surface area contributed by atoms with Gasteiger partial charge in [0, 0.05) is 43.9 Å². The van der Waals surface area contributed by atoms with Crippen molar-refractivity contribution in [2.45, 2.75) is 39.2 Å². The second kappa shape index (κ2) is 6.45. The molecule has 1 saturated heterocycles. The summed E-state index contributed by atoms with van der Waals surface area (Å²) < 4.78 is 0. The number of hydrogen-bond donors (Lipinski definition) is 0. The predicted molar refractivity (Wildman–Crippen MR) is 115 cm³/mol. The number of carbonyl (C=O) groups excluding carboxylic acids is 2. The number of rotatable bonds is 1. The Hall–Kier alpha value is -2.62. The summed E-state index contributed by atoms with van der Waals surface area (Å²) >= 11 is 0. The minimum Gasteiger partial charge on any atom is -0.368 e. The van der Waals surface area contributed by atoms with E-state index in [0.29, 0.717) is 25.8 Å². The average molecular weight is 389 g/mol. The van der Waals surface area contributed by atoms with E-state index in [1.54, 1.807) is 0 Å². The molecule has 0 radical (unpaired) electrons. The summed E-state index contributed by atoms with van der Waals surface area (Å²) in [5.41, 5.74) is 2.34. The largest absolute Gasteiger partial charge is 0.368 e. The zero-order valence-electron chi connectivity index (χ0n) is 17.2. The van der Waals surface area contributed by atoms with Crippen LogP contribution in [0.25, 0.3) is 0 Å². The molecule has 1 saturated carbocycles. The molecule has 2 aliphatic heterocycles. The fraction of sp³-hybridized carbons (Fsp3) is 0.440. The van der Waals surface area contributed by atoms with Crippen molar-refractivity contribution in [3.63, 3.8) is 0 Å². The van der Waals surface area contributed by atoms with Crippen LogP contribution in [0, 0.1) is 10.8 Å². The first-order chi connectivity index (χ1) is 13.9. The first-order valence-corrected chi connectivity index (χ1v) is 10.6. The molecule has 4 nitrogen and oxygen atoms in total. The van der Waals surface area contributed by atoms with Crippen molar-refractivity contribution in [3.05, 3.63) is 60.2 Å². The molecule has 2 fully saturated rings. The van der Waals surface area contributed by atoms with Gasteiger partial charge in [0.15, 0.2) is 0 Å². The first kappa shape index (κ1) is 18.4. The lowest BCUT2D eigenvalue weighted by molar-refractivity contribution is -0.150. The zero-order chi connectivity index (χ0) is 20.2. The van der Waals surface area contributed by atoms with E-state index < -0.39 is 5.41 Å². The van der Waals surface area contributed by atoms with E-state index in [0.717, 1.165) is 24.3 Å². The van der Waals surface area contributed by atoms with Crippen molar-refractivity contribution in [1.82, 2.24) is 0 Å². The van der Waals surface area contributed by atoms with Gasteiger partial charge in [0.25, 0.3) is 0 Å². The Labute approximate surface area is 172 Å². The minimum atomic E-state index is -0.919. The highest BCUT2D eigenvalue weighted by molar-refractivity contribution is 6.11. The smallest absolute Gasteiger partial charge is 0.149 e. The molecular formula is C25H28N2O2. The molecule has 0 N–H and O–H groups in total. The van der Waals surface area contributed by atoms with Crippen molar-refractivity contribution in [1.29, 1.82) is 0 Å². The quantitative estimate of drug-likeness (QED) is 0.695. The number of anilines is 2. The normalized spacial score (nSPS) is 25.0. The summed E-state index contributed by atoms with van der Waals surface area (Å²) in [4.78, 5) is 32.0. The Morgan fingerprint density at radius 3 is 2.21 bits per heavy atom. The van der Waals surface area contributed by atoms with Crippen LogP contribution in [0.4, 0.5) is 11.4 Å². The summed E-state index contributed by atoms with van der Waals surface area (Å²) in [6.45, 7) is 6.50. The Bertz CT molecular complexity index is 946. The van der Waals surface area contributed by atoms with Crippen LogP contribution >= 0.6 is 0 Å². The number of para-hydroxylation sites is 2. The van der Waals surface area contributed by atoms with Crippen LogP contribution < -0.4 is 9.80 Å². The van der Waals surface area contributed by atoms with Gasteiger partial charge in [0.2, 0.25) is 0 Å². The van der Waals surface area contributed by atoms with E-state index in [2.05, 4.69) is 40.1 Å². The highest BCUT2D eigenvalue weighted by Gasteiger charge is 2.60. The van der Waals surface area contributed by atoms with E-state index in [1.807, 2.05) is 38.1 Å². The average Bonchev–Trinajstić information content (AvgIpc) is 2.71. The molecule has 0 amide bonds. The molecule has 3 aliphatic rings. The van der Waals surface area contributed by atoms with Crippen molar-refractivity contribution < 1.29 is 9.59 Å². The van der Waals surface area contributed by atoms with E-state index in [4.69, 9.17) is 0 Å². The molecule has 150 valence electrons. The molecule has 0 bridgehead atoms. The van der Waals surface area contributed by atoms with Crippen LogP contribution in [0.3, 0.4) is 0 Å². The summed E-state index contributed by atoms with van der Waals surface area (Å²) in [7, 11) is 0. The molecule has 1 atom stereocenters. The molecule has 5 rings (SSSR count). The van der Waals surface area contributed by atoms with Gasteiger partial charge >= 0.3 is 0 Å². The molecular weight excluding hydrogens is 360 g/mol. The molecule has 4 heteroatoms. The van der Waals surface area contributed by atoms with Crippen LogP contribution in [0.2, 0.25) is 0 Å². The highest BCUT2D eigenvalue weighted by Crippen LogP contribution is 2.50. The highest BCUT2D eigenvalue weighted by atomic mass is 16.2. The molecule has 1 spiro atoms. The number of Topliss-reactive ketones (excluding diaryl/α,β-unsaturated/α-hetero) is 2. The van der Waals surface area contributed by atoms with Crippen LogP contribution in [-0.2, 0) is 16.0 Å². The predicted octanol–water partition coefficient (Wildman–Crippen LogP) is 3.88. The summed E-state index contributed by atoms with van der Waals surface area (Å²) in [6, 6.07) is 18.6. The first-order valence-electron chi connectivity index (χ1n) is 10.6. The van der Waals surface area contributed by atoms with Crippen molar-refractivity contribution >= 4 is 22.9 Å². The monoisotopic (exact) mass is 388 g/mol. The van der Waals surface area contributed by atoms with Crippen molar-refractivity contribution in [2.75, 3.05) is 29.4 Å². The number of piperazine rings is 1. The third-order valence-electron chi connectivity index (χ3n) is 7.11. The Kier molecular flexibility index (Phi) is 4.09. The minimum absolute atomic E-state index is 0.109. The van der Waals surface area contributed by atoms with E-state index >= 15 is 0 Å². The van der Waals surface area contributed by atoms with Gasteiger partial charge in [-0.05, 0) is 35.6 Å². The second-order valence-electron chi connectivity index (χ2n) is 9.63. The Balaban J connectivity index is 1.61. The number of benzene rings is 2. The standard InChI is InChI=1S/C25H28N2O2/c1-24(2)15-22(28)25(23(29)16-24)14-18-8-6-7-11-20(18)27-13-12-26(17-21(25)27)19-9-4-3-5-10-19/h3-11,21H,12-17H2,1-2H3/t21-/m1/s1. The van der Waals surface area contributed by atoms with Crippen molar-refractivity contribution in [3.8, 4) is 0 Å². The third-order valence-corrected chi connectivity index (χ3v) is 7.11. The lowest BCUT2D eigenvalue weighted by Gasteiger charge is -2.56. The zero-order valence-corrected chi connectivity index (χ0v) is 17.2. The second-order valence-corrected chi connectivity index (χ2v) is 9.63. The molecule has 1 aliphatic carbocycles. The molecule has 0 aromatic heterocycles. The molecule has 2 aromatic carbocycles. The van der Waals surface area contributed by atoms with Crippen LogP contribution in [0.5, 0.6) is 0 Å². The number of ketones is 2. The van der Waals surface area contributed by atoms with E-state index in [9.17, 15) is 9.59 Å². The van der Waals surface area contributed by atoms with E-state index in [-0.39, 0.29) is 23.0 Å². The number of fused-ring (bicyclic) bond motifs is 4. The van der Waals surface area contributed by atoms with Crippen LogP contribution in [0.15, 0.2) is 54.6 Å². The van der Waals surface area contributed by atoms with Crippen molar-refractivity contribution in [2.24, 2.45) is 10.8 Å². The number of carbonyl (C=O) groups is 2. The summed E-state index contributed by atoms with van der Waals surface area (Å²) in [6.07, 6.45) is 1.51. The Morgan fingerprint density at radius 1 is 0.828 bits per heavy atom. The molecule has 29 heavy (non-hydrogen) atoms. The van der Waals surface area contributed by atoms with Crippen LogP contribution in [-0.4, -0.2) is 37.2 Å².